The molecule has 6 aromatic heterocycles. The maximum Gasteiger partial charge on any atom is 0.417 e. The lowest BCUT2D eigenvalue weighted by Gasteiger charge is -2.22. The second-order valence-corrected chi connectivity index (χ2v) is 16.1. The number of oxazole rings is 2. The summed E-state index contributed by atoms with van der Waals surface area (Å²) in [5.41, 5.74) is 4.58. The first-order valence-corrected chi connectivity index (χ1v) is 21.6. The Labute approximate surface area is 386 Å². The number of nitrogens with one attached hydrogen (secondary N) is 7. The molecule has 1 aliphatic rings. The number of hydrogen-bond donors (Lipinski definition) is 7. The lowest BCUT2D eigenvalue weighted by atomic mass is 9.98. The SMILES string of the molecule is Cc1cc(CNC(=O)c2cc(C(=O)NCc3ccc4oc(=O)[nH]c4c3)nc3c(F)cnn23)ccc1F.O=C(NCc1ccc2oc(=O)[nH]c2c1)c1cc(C(=O)NCC2CCNCC2)n2nccc2n1. The van der Waals surface area contributed by atoms with E-state index in [0.29, 0.717) is 57.0 Å². The van der Waals surface area contributed by atoms with Gasteiger partial charge in [0.15, 0.2) is 28.3 Å². The molecule has 7 heterocycles. The molecule has 3 aromatic carbocycles. The molecule has 0 bridgehead atoms. The normalized spacial score (nSPS) is 12.8. The van der Waals surface area contributed by atoms with Crippen molar-refractivity contribution in [3.05, 3.63) is 163 Å². The molecule has 4 amide bonds. The Hall–Kier alpha value is -8.86. The Bertz CT molecular complexity index is 3550. The Morgan fingerprint density at radius 1 is 0.652 bits per heavy atom. The van der Waals surface area contributed by atoms with Gasteiger partial charge in [0.2, 0.25) is 0 Å². The first-order valence-electron chi connectivity index (χ1n) is 21.6. The van der Waals surface area contributed by atoms with E-state index in [1.807, 2.05) is 0 Å². The molecule has 0 spiro atoms. The van der Waals surface area contributed by atoms with Crippen LogP contribution in [0.25, 0.3) is 33.5 Å². The van der Waals surface area contributed by atoms with E-state index in [9.17, 15) is 37.5 Å². The minimum absolute atomic E-state index is 0.0715. The van der Waals surface area contributed by atoms with Gasteiger partial charge in [-0.05, 0) is 91.4 Å². The van der Waals surface area contributed by atoms with Gasteiger partial charge in [-0.15, -0.1) is 0 Å². The maximum atomic E-state index is 14.3. The van der Waals surface area contributed by atoms with Crippen LogP contribution in [0.1, 0.15) is 77.0 Å². The second-order valence-electron chi connectivity index (χ2n) is 16.1. The van der Waals surface area contributed by atoms with Crippen molar-refractivity contribution in [3.8, 4) is 0 Å². The number of aromatic amines is 2. The largest absolute Gasteiger partial charge is 0.417 e. The lowest BCUT2D eigenvalue weighted by Crippen LogP contribution is -2.36. The van der Waals surface area contributed by atoms with E-state index in [1.165, 1.54) is 35.0 Å². The summed E-state index contributed by atoms with van der Waals surface area (Å²) >= 11 is 0. The van der Waals surface area contributed by atoms with Gasteiger partial charge in [0.25, 0.3) is 23.6 Å². The highest BCUT2D eigenvalue weighted by Gasteiger charge is 2.22. The molecule has 21 nitrogen and oxygen atoms in total. The van der Waals surface area contributed by atoms with Gasteiger partial charge in [-0.3, -0.25) is 29.1 Å². The minimum atomic E-state index is -0.803. The smallest absolute Gasteiger partial charge is 0.408 e. The first-order chi connectivity index (χ1) is 33.3. The van der Waals surface area contributed by atoms with Gasteiger partial charge in [0, 0.05) is 44.4 Å². The van der Waals surface area contributed by atoms with Crippen LogP contribution in [0, 0.1) is 24.5 Å². The highest BCUT2D eigenvalue weighted by Crippen LogP contribution is 2.17. The van der Waals surface area contributed by atoms with Crippen molar-refractivity contribution in [1.29, 1.82) is 0 Å². The molecule has 1 aliphatic heterocycles. The topological polar surface area (TPSA) is 281 Å². The molecule has 23 heteroatoms. The predicted molar refractivity (Wildman–Crippen MR) is 242 cm³/mol. The summed E-state index contributed by atoms with van der Waals surface area (Å²) in [5, 5.41) is 22.4. The third-order valence-electron chi connectivity index (χ3n) is 11.3. The molecule has 69 heavy (non-hydrogen) atoms. The van der Waals surface area contributed by atoms with E-state index in [1.54, 1.807) is 55.5 Å². The molecule has 10 rings (SSSR count). The van der Waals surface area contributed by atoms with E-state index in [-0.39, 0.29) is 59.8 Å². The molecule has 0 atom stereocenters. The third-order valence-corrected chi connectivity index (χ3v) is 11.3. The molecule has 9 aromatic rings. The summed E-state index contributed by atoms with van der Waals surface area (Å²) in [6.07, 6.45) is 4.46. The predicted octanol–water partition coefficient (Wildman–Crippen LogP) is 3.43. The van der Waals surface area contributed by atoms with Gasteiger partial charge >= 0.3 is 11.5 Å². The highest BCUT2D eigenvalue weighted by atomic mass is 19.1. The van der Waals surface area contributed by atoms with Gasteiger partial charge in [0.1, 0.15) is 28.6 Å². The Morgan fingerprint density at radius 3 is 1.83 bits per heavy atom. The number of piperidine rings is 1. The summed E-state index contributed by atoms with van der Waals surface area (Å²) in [6, 6.07) is 18.8. The van der Waals surface area contributed by atoms with E-state index >= 15 is 0 Å². The first kappa shape index (κ1) is 45.3. The van der Waals surface area contributed by atoms with Crippen molar-refractivity contribution in [1.82, 2.24) is 65.7 Å². The quantitative estimate of drug-likeness (QED) is 0.0926. The monoisotopic (exact) mass is 941 g/mol. The number of rotatable bonds is 12. The Morgan fingerprint density at radius 2 is 1.20 bits per heavy atom. The number of nitrogens with zero attached hydrogens (tertiary/aromatic N) is 6. The van der Waals surface area contributed by atoms with Crippen LogP contribution in [-0.2, 0) is 19.6 Å². The summed E-state index contributed by atoms with van der Waals surface area (Å²) < 4.78 is 40.2. The van der Waals surface area contributed by atoms with Gasteiger partial charge < -0.3 is 35.4 Å². The number of hydrogen-bond acceptors (Lipinski definition) is 13. The number of aromatic nitrogens is 8. The van der Waals surface area contributed by atoms with Crippen LogP contribution >= 0.6 is 0 Å². The van der Waals surface area contributed by atoms with Crippen LogP contribution in [0.4, 0.5) is 8.78 Å². The number of amides is 4. The van der Waals surface area contributed by atoms with E-state index in [2.05, 4.69) is 56.7 Å². The molecule has 7 N–H and O–H groups in total. The fourth-order valence-electron chi connectivity index (χ4n) is 7.67. The van der Waals surface area contributed by atoms with Gasteiger partial charge in [-0.25, -0.2) is 37.4 Å². The maximum absolute atomic E-state index is 14.3. The Kier molecular flexibility index (Phi) is 12.8. The van der Waals surface area contributed by atoms with Crippen LogP contribution in [0.5, 0.6) is 0 Å². The number of carbonyl (C=O) groups is 4. The average molecular weight is 942 g/mol. The zero-order valence-electron chi connectivity index (χ0n) is 36.5. The molecule has 1 saturated heterocycles. The van der Waals surface area contributed by atoms with Crippen molar-refractivity contribution in [2.24, 2.45) is 5.92 Å². The molecule has 0 saturated carbocycles. The highest BCUT2D eigenvalue weighted by molar-refractivity contribution is 5.99. The molecule has 0 aliphatic carbocycles. The van der Waals surface area contributed by atoms with Crippen molar-refractivity contribution in [3.63, 3.8) is 0 Å². The van der Waals surface area contributed by atoms with Crippen molar-refractivity contribution in [2.45, 2.75) is 39.4 Å². The molecule has 0 radical (unpaired) electrons. The second kappa shape index (κ2) is 19.5. The van der Waals surface area contributed by atoms with Gasteiger partial charge in [-0.1, -0.05) is 24.3 Å². The van der Waals surface area contributed by atoms with Crippen LogP contribution in [0.3, 0.4) is 0 Å². The number of benzene rings is 3. The minimum Gasteiger partial charge on any atom is -0.408 e. The molecular weight excluding hydrogens is 901 g/mol. The number of carbonyl (C=O) groups excluding carboxylic acids is 4. The van der Waals surface area contributed by atoms with Crippen molar-refractivity contribution in [2.75, 3.05) is 19.6 Å². The van der Waals surface area contributed by atoms with Crippen molar-refractivity contribution < 1.29 is 36.8 Å². The van der Waals surface area contributed by atoms with Crippen LogP contribution in [0.15, 0.2) is 104 Å². The average Bonchev–Trinajstić information content (AvgIpc) is 4.16. The van der Waals surface area contributed by atoms with Gasteiger partial charge in [-0.2, -0.15) is 10.2 Å². The molecular formula is C46H41F2N13O8. The third kappa shape index (κ3) is 10.3. The lowest BCUT2D eigenvalue weighted by molar-refractivity contribution is 0.0925. The molecule has 1 fully saturated rings. The Balaban J connectivity index is 0.000000172. The van der Waals surface area contributed by atoms with Crippen LogP contribution in [-0.4, -0.2) is 82.4 Å². The van der Waals surface area contributed by atoms with E-state index < -0.39 is 35.1 Å². The molecule has 352 valence electrons. The number of fused-ring (bicyclic) bond motifs is 4. The summed E-state index contributed by atoms with van der Waals surface area (Å²) in [4.78, 5) is 87.5. The fraction of sp³-hybridized carbons (Fsp3) is 0.217. The zero-order valence-corrected chi connectivity index (χ0v) is 36.5. The fourth-order valence-corrected chi connectivity index (χ4v) is 7.67. The zero-order chi connectivity index (χ0) is 48.2. The van der Waals surface area contributed by atoms with Crippen molar-refractivity contribution >= 4 is 57.1 Å². The van der Waals surface area contributed by atoms with Crippen LogP contribution < -0.4 is 38.1 Å². The van der Waals surface area contributed by atoms with E-state index in [4.69, 9.17) is 8.83 Å². The van der Waals surface area contributed by atoms with Crippen LogP contribution in [0.2, 0.25) is 0 Å². The standard InChI is InChI=1S/C24H18F2N6O4.C22H23N7O4/c1-12-6-13(2-4-15(12)25)9-28-23(34)19-8-18(30-21-16(26)11-29-32(19)21)22(33)27-10-14-3-5-20-17(7-14)31-24(35)36-20;30-20(24-12-14-1-2-18-15(9-14)28-22(32)33-18)16-10-17(29-19(27-16)5-8-26-29)21(31)25-11-13-3-6-23-7-4-13/h2-8,11H,9-10H2,1H3,(H,27,33)(H,28,34)(H,31,35);1-2,5,8-10,13,23H,3-4,6-7,11-12H2,(H,24,30)(H,25,31)(H,28,32). The van der Waals surface area contributed by atoms with Gasteiger partial charge in [0.05, 0.1) is 23.4 Å². The summed E-state index contributed by atoms with van der Waals surface area (Å²) in [7, 11) is 0. The summed E-state index contributed by atoms with van der Waals surface area (Å²) in [5.74, 6) is -3.86. The summed E-state index contributed by atoms with van der Waals surface area (Å²) in [6.45, 7) is 4.45. The molecule has 0 unspecified atom stereocenters. The van der Waals surface area contributed by atoms with E-state index in [0.717, 1.165) is 42.2 Å². The number of H-pyrrole nitrogens is 2. The number of halogens is 2. The number of aryl methyl sites for hydroxylation is 1.